The Morgan fingerprint density at radius 3 is 3.00 bits per heavy atom. The average Bonchev–Trinajstić information content (AvgIpc) is 2.46. The number of nitrogens with zero attached hydrogens (tertiary/aromatic N) is 1. The van der Waals surface area contributed by atoms with Gasteiger partial charge in [-0.1, -0.05) is 0 Å². The van der Waals surface area contributed by atoms with Gasteiger partial charge in [-0.05, 0) is 39.3 Å². The Bertz CT molecular complexity index is 119. The van der Waals surface area contributed by atoms with Crippen molar-refractivity contribution in [3.63, 3.8) is 0 Å². The highest BCUT2D eigenvalue weighted by atomic mass is 16.6. The molecule has 1 aliphatic heterocycles. The van der Waals surface area contributed by atoms with Gasteiger partial charge in [0.2, 0.25) is 0 Å². The second-order valence-electron chi connectivity index (χ2n) is 3.47. The van der Waals surface area contributed by atoms with Crippen LogP contribution in [0.2, 0.25) is 0 Å². The van der Waals surface area contributed by atoms with Crippen molar-refractivity contribution in [2.24, 2.45) is 0 Å². The molecule has 1 saturated heterocycles. The second kappa shape index (κ2) is 5.51. The molecule has 1 unspecified atom stereocenters. The van der Waals surface area contributed by atoms with Gasteiger partial charge in [0.05, 0.1) is 6.61 Å². The molecule has 0 aromatic carbocycles. The first-order valence-corrected chi connectivity index (χ1v) is 4.83. The fourth-order valence-electron chi connectivity index (χ4n) is 1.84. The van der Waals surface area contributed by atoms with Crippen molar-refractivity contribution in [3.05, 3.63) is 0 Å². The highest BCUT2D eigenvalue weighted by Crippen LogP contribution is 2.18. The summed E-state index contributed by atoms with van der Waals surface area (Å²) in [5.41, 5.74) is 2.69. The fourth-order valence-corrected chi connectivity index (χ4v) is 1.84. The predicted molar refractivity (Wildman–Crippen MR) is 49.9 cm³/mol. The number of hydrogen-bond donors (Lipinski definition) is 1. The van der Waals surface area contributed by atoms with E-state index in [1.165, 1.54) is 25.8 Å². The fraction of sp³-hybridized carbons (Fsp3) is 1.00. The molecule has 0 aromatic rings. The normalized spacial score (nSPS) is 25.0. The van der Waals surface area contributed by atoms with Crippen LogP contribution in [-0.4, -0.2) is 38.2 Å². The molecule has 0 amide bonds. The summed E-state index contributed by atoms with van der Waals surface area (Å²) in [6.07, 6.45) is 5.18. The summed E-state index contributed by atoms with van der Waals surface area (Å²) in [5.74, 6) is 0. The first kappa shape index (κ1) is 9.96. The standard InChI is InChI=1S/C9H20N2O/c1-10-12-8-4-6-9-5-3-7-11(9)2/h9-10H,3-8H2,1-2H3. The van der Waals surface area contributed by atoms with Gasteiger partial charge in [0, 0.05) is 13.1 Å². The number of hydroxylamine groups is 1. The van der Waals surface area contributed by atoms with Crippen LogP contribution in [0.1, 0.15) is 25.7 Å². The Morgan fingerprint density at radius 2 is 2.42 bits per heavy atom. The Hall–Kier alpha value is -0.120. The van der Waals surface area contributed by atoms with E-state index in [-0.39, 0.29) is 0 Å². The first-order valence-electron chi connectivity index (χ1n) is 4.83. The highest BCUT2D eigenvalue weighted by molar-refractivity contribution is 4.75. The van der Waals surface area contributed by atoms with Gasteiger partial charge in [-0.2, -0.15) is 0 Å². The summed E-state index contributed by atoms with van der Waals surface area (Å²) < 4.78 is 0. The number of likely N-dealkylation sites (tertiary alicyclic amines) is 1. The van der Waals surface area contributed by atoms with E-state index in [1.807, 2.05) is 7.05 Å². The highest BCUT2D eigenvalue weighted by Gasteiger charge is 2.19. The molecule has 0 radical (unpaired) electrons. The molecule has 0 spiro atoms. The van der Waals surface area contributed by atoms with Crippen LogP contribution in [0.4, 0.5) is 0 Å². The molecule has 1 aliphatic rings. The number of hydrogen-bond acceptors (Lipinski definition) is 3. The van der Waals surface area contributed by atoms with Crippen LogP contribution in [0.5, 0.6) is 0 Å². The van der Waals surface area contributed by atoms with Crippen molar-refractivity contribution >= 4 is 0 Å². The summed E-state index contributed by atoms with van der Waals surface area (Å²) in [7, 11) is 4.03. The van der Waals surface area contributed by atoms with Crippen LogP contribution in [0.15, 0.2) is 0 Å². The summed E-state index contributed by atoms with van der Waals surface area (Å²) >= 11 is 0. The summed E-state index contributed by atoms with van der Waals surface area (Å²) in [4.78, 5) is 7.52. The average molecular weight is 172 g/mol. The van der Waals surface area contributed by atoms with Crippen LogP contribution in [0.25, 0.3) is 0 Å². The van der Waals surface area contributed by atoms with Gasteiger partial charge < -0.3 is 9.74 Å². The summed E-state index contributed by atoms with van der Waals surface area (Å²) in [5, 5.41) is 0. The van der Waals surface area contributed by atoms with E-state index in [4.69, 9.17) is 4.84 Å². The topological polar surface area (TPSA) is 24.5 Å². The molecule has 3 nitrogen and oxygen atoms in total. The Morgan fingerprint density at radius 1 is 1.58 bits per heavy atom. The quantitative estimate of drug-likeness (QED) is 0.495. The van der Waals surface area contributed by atoms with Gasteiger partial charge in [-0.25, -0.2) is 5.48 Å². The third kappa shape index (κ3) is 3.09. The third-order valence-corrected chi connectivity index (χ3v) is 2.60. The molecule has 1 rings (SSSR count). The van der Waals surface area contributed by atoms with E-state index in [0.717, 1.165) is 19.1 Å². The number of rotatable bonds is 5. The van der Waals surface area contributed by atoms with Crippen molar-refractivity contribution in [1.82, 2.24) is 10.4 Å². The summed E-state index contributed by atoms with van der Waals surface area (Å²) in [6, 6.07) is 0.811. The molecular weight excluding hydrogens is 152 g/mol. The maximum Gasteiger partial charge on any atom is 0.0682 e. The smallest absolute Gasteiger partial charge is 0.0682 e. The van der Waals surface area contributed by atoms with Gasteiger partial charge in [0.15, 0.2) is 0 Å². The van der Waals surface area contributed by atoms with Crippen molar-refractivity contribution in [1.29, 1.82) is 0 Å². The minimum atomic E-state index is 0.811. The maximum absolute atomic E-state index is 5.06. The molecule has 1 atom stereocenters. The van der Waals surface area contributed by atoms with Crippen molar-refractivity contribution in [2.45, 2.75) is 31.7 Å². The molecule has 0 aliphatic carbocycles. The van der Waals surface area contributed by atoms with Gasteiger partial charge >= 0.3 is 0 Å². The van der Waals surface area contributed by atoms with E-state index in [2.05, 4.69) is 17.4 Å². The Kier molecular flexibility index (Phi) is 4.58. The molecule has 0 bridgehead atoms. The van der Waals surface area contributed by atoms with Crippen LogP contribution in [0.3, 0.4) is 0 Å². The van der Waals surface area contributed by atoms with E-state index in [1.54, 1.807) is 0 Å². The molecule has 0 aromatic heterocycles. The van der Waals surface area contributed by atoms with Crippen LogP contribution >= 0.6 is 0 Å². The van der Waals surface area contributed by atoms with Gasteiger partial charge in [-0.15, -0.1) is 0 Å². The largest absolute Gasteiger partial charge is 0.303 e. The van der Waals surface area contributed by atoms with Crippen molar-refractivity contribution < 1.29 is 4.84 Å². The third-order valence-electron chi connectivity index (χ3n) is 2.60. The van der Waals surface area contributed by atoms with Crippen molar-refractivity contribution in [3.8, 4) is 0 Å². The van der Waals surface area contributed by atoms with Gasteiger partial charge in [0.1, 0.15) is 0 Å². The zero-order chi connectivity index (χ0) is 8.81. The molecular formula is C9H20N2O. The Labute approximate surface area is 75.0 Å². The van der Waals surface area contributed by atoms with E-state index < -0.39 is 0 Å². The van der Waals surface area contributed by atoms with Crippen molar-refractivity contribution in [2.75, 3.05) is 27.2 Å². The summed E-state index contributed by atoms with van der Waals surface area (Å²) in [6.45, 7) is 2.11. The zero-order valence-corrected chi connectivity index (χ0v) is 8.18. The SMILES string of the molecule is CNOCCCC1CCCN1C. The minimum absolute atomic E-state index is 0.811. The van der Waals surface area contributed by atoms with E-state index in [9.17, 15) is 0 Å². The lowest BCUT2D eigenvalue weighted by Crippen LogP contribution is -2.25. The molecule has 1 fully saturated rings. The first-order chi connectivity index (χ1) is 5.84. The van der Waals surface area contributed by atoms with Crippen LogP contribution in [-0.2, 0) is 4.84 Å². The Balaban J connectivity index is 1.98. The lowest BCUT2D eigenvalue weighted by Gasteiger charge is -2.18. The molecule has 72 valence electrons. The molecule has 1 heterocycles. The molecule has 3 heteroatoms. The van der Waals surface area contributed by atoms with Crippen LogP contribution < -0.4 is 5.48 Å². The van der Waals surface area contributed by atoms with E-state index >= 15 is 0 Å². The zero-order valence-electron chi connectivity index (χ0n) is 8.18. The monoisotopic (exact) mass is 172 g/mol. The van der Waals surface area contributed by atoms with Gasteiger partial charge in [0.25, 0.3) is 0 Å². The van der Waals surface area contributed by atoms with Gasteiger partial charge in [-0.3, -0.25) is 0 Å². The minimum Gasteiger partial charge on any atom is -0.303 e. The predicted octanol–water partition coefficient (Wildman–Crippen LogP) is 1.01. The molecule has 1 N–H and O–H groups in total. The van der Waals surface area contributed by atoms with E-state index in [0.29, 0.717) is 0 Å². The lowest BCUT2D eigenvalue weighted by molar-refractivity contribution is 0.0524. The van der Waals surface area contributed by atoms with Crippen LogP contribution in [0, 0.1) is 0 Å². The second-order valence-corrected chi connectivity index (χ2v) is 3.47. The molecule has 0 saturated carbocycles. The maximum atomic E-state index is 5.06. The number of nitrogens with one attached hydrogen (secondary N) is 1. The lowest BCUT2D eigenvalue weighted by atomic mass is 10.1. The molecule has 12 heavy (non-hydrogen) atoms.